The molecule has 0 saturated carbocycles. The van der Waals surface area contributed by atoms with Gasteiger partial charge >= 0.3 is 0 Å². The van der Waals surface area contributed by atoms with Crippen molar-refractivity contribution < 1.29 is 18.0 Å². The quantitative estimate of drug-likeness (QED) is 0.571. The van der Waals surface area contributed by atoms with E-state index in [1.807, 2.05) is 19.1 Å². The maximum atomic E-state index is 12.7. The normalized spacial score (nSPS) is 11.1. The molecule has 30 heavy (non-hydrogen) atoms. The van der Waals surface area contributed by atoms with Crippen molar-refractivity contribution in [3.8, 4) is 0 Å². The summed E-state index contributed by atoms with van der Waals surface area (Å²) in [4.78, 5) is 25.9. The molecular weight excluding hydrogens is 420 g/mol. The van der Waals surface area contributed by atoms with E-state index in [9.17, 15) is 18.0 Å². The summed E-state index contributed by atoms with van der Waals surface area (Å²) in [5, 5.41) is 7.75. The van der Waals surface area contributed by atoms with Crippen molar-refractivity contribution in [3.05, 3.63) is 95.1 Å². The molecule has 3 rings (SSSR count). The molecule has 0 aliphatic rings. The second-order valence-corrected chi connectivity index (χ2v) is 9.15. The summed E-state index contributed by atoms with van der Waals surface area (Å²) < 4.78 is 22.6. The van der Waals surface area contributed by atoms with E-state index in [1.54, 1.807) is 48.5 Å². The number of carbonyl (C=O) groups is 2. The zero-order valence-electron chi connectivity index (χ0n) is 16.2. The van der Waals surface area contributed by atoms with Crippen molar-refractivity contribution in [3.63, 3.8) is 0 Å². The molecule has 3 aromatic carbocycles. The van der Waals surface area contributed by atoms with Gasteiger partial charge in [0.15, 0.2) is 0 Å². The summed E-state index contributed by atoms with van der Waals surface area (Å²) in [6.45, 7) is 2.07. The third kappa shape index (κ3) is 5.35. The van der Waals surface area contributed by atoms with Crippen molar-refractivity contribution in [1.29, 1.82) is 0 Å². The molecule has 0 aliphatic carbocycles. The predicted molar refractivity (Wildman–Crippen MR) is 117 cm³/mol. The summed E-state index contributed by atoms with van der Waals surface area (Å²) >= 11 is 1.01. The number of primary sulfonamides is 1. The maximum Gasteiger partial charge on any atom is 0.252 e. The molecule has 8 heteroatoms. The highest BCUT2D eigenvalue weighted by atomic mass is 32.2. The maximum absolute atomic E-state index is 12.7. The molecule has 0 aliphatic heterocycles. The molecule has 6 nitrogen and oxygen atoms in total. The first kappa shape index (κ1) is 21.8. The molecular formula is C22H20N2O4S2. The highest BCUT2D eigenvalue weighted by Gasteiger charge is 2.16. The first-order chi connectivity index (χ1) is 14.3. The standard InChI is InChI=1S/C22H20N2O4S2/c1-15-6-2-3-7-18(15)22(26)29-20-9-5-4-8-19(20)21(25)24-14-16-10-12-17(13-11-16)30(23,27)28/h2-13H,14H2,1H3,(H,24,25)(H2,23,27,28). The van der Waals surface area contributed by atoms with Gasteiger partial charge in [-0.15, -0.1) is 0 Å². The number of carbonyl (C=O) groups excluding carboxylic acids is 2. The van der Waals surface area contributed by atoms with Crippen LogP contribution < -0.4 is 10.5 Å². The number of aryl methyl sites for hydroxylation is 1. The van der Waals surface area contributed by atoms with Crippen LogP contribution in [-0.2, 0) is 16.6 Å². The summed E-state index contributed by atoms with van der Waals surface area (Å²) in [5.41, 5.74) is 2.59. The molecule has 0 fully saturated rings. The zero-order chi connectivity index (χ0) is 21.7. The summed E-state index contributed by atoms with van der Waals surface area (Å²) in [6, 6.07) is 20.2. The second kappa shape index (κ2) is 9.25. The average Bonchev–Trinajstić information content (AvgIpc) is 2.72. The smallest absolute Gasteiger partial charge is 0.252 e. The van der Waals surface area contributed by atoms with Gasteiger partial charge in [0.1, 0.15) is 0 Å². The van der Waals surface area contributed by atoms with Crippen LogP contribution in [0, 0.1) is 6.92 Å². The highest BCUT2D eigenvalue weighted by molar-refractivity contribution is 8.14. The number of hydrogen-bond donors (Lipinski definition) is 2. The van der Waals surface area contributed by atoms with Crippen LogP contribution in [0.1, 0.15) is 31.8 Å². The van der Waals surface area contributed by atoms with Crippen molar-refractivity contribution in [2.75, 3.05) is 0 Å². The van der Waals surface area contributed by atoms with Crippen LogP contribution in [0.3, 0.4) is 0 Å². The summed E-state index contributed by atoms with van der Waals surface area (Å²) in [5.74, 6) is -0.328. The Labute approximate surface area is 179 Å². The fraction of sp³-hybridized carbons (Fsp3) is 0.0909. The lowest BCUT2D eigenvalue weighted by Gasteiger charge is -2.10. The lowest BCUT2D eigenvalue weighted by Crippen LogP contribution is -2.23. The van der Waals surface area contributed by atoms with E-state index in [0.29, 0.717) is 16.0 Å². The third-order valence-electron chi connectivity index (χ3n) is 4.40. The van der Waals surface area contributed by atoms with Crippen LogP contribution in [0.2, 0.25) is 0 Å². The van der Waals surface area contributed by atoms with E-state index in [0.717, 1.165) is 22.9 Å². The third-order valence-corrected chi connectivity index (χ3v) is 6.31. The Morgan fingerprint density at radius 2 is 1.50 bits per heavy atom. The van der Waals surface area contributed by atoms with E-state index in [4.69, 9.17) is 5.14 Å². The van der Waals surface area contributed by atoms with Crippen LogP contribution in [0.5, 0.6) is 0 Å². The molecule has 0 aromatic heterocycles. The lowest BCUT2D eigenvalue weighted by molar-refractivity contribution is 0.0948. The van der Waals surface area contributed by atoms with E-state index >= 15 is 0 Å². The predicted octanol–water partition coefficient (Wildman–Crippen LogP) is 3.50. The van der Waals surface area contributed by atoms with Gasteiger partial charge in [-0.2, -0.15) is 0 Å². The topological polar surface area (TPSA) is 106 Å². The largest absolute Gasteiger partial charge is 0.348 e. The Balaban J connectivity index is 1.71. The van der Waals surface area contributed by atoms with E-state index < -0.39 is 10.0 Å². The van der Waals surface area contributed by atoms with E-state index in [1.165, 1.54) is 12.1 Å². The molecule has 0 heterocycles. The summed E-state index contributed by atoms with van der Waals surface area (Å²) in [7, 11) is -3.76. The number of amides is 1. The van der Waals surface area contributed by atoms with Crippen LogP contribution in [0.4, 0.5) is 0 Å². The van der Waals surface area contributed by atoms with Gasteiger partial charge in [0.2, 0.25) is 15.1 Å². The Kier molecular flexibility index (Phi) is 6.71. The number of rotatable bonds is 6. The fourth-order valence-electron chi connectivity index (χ4n) is 2.77. The monoisotopic (exact) mass is 440 g/mol. The number of nitrogens with two attached hydrogens (primary N) is 1. The first-order valence-electron chi connectivity index (χ1n) is 9.02. The van der Waals surface area contributed by atoms with Gasteiger partial charge < -0.3 is 5.32 Å². The lowest BCUT2D eigenvalue weighted by atomic mass is 10.1. The van der Waals surface area contributed by atoms with E-state index in [2.05, 4.69) is 5.32 Å². The minimum absolute atomic E-state index is 0.00837. The Bertz CT molecular complexity index is 1190. The number of nitrogens with one attached hydrogen (secondary N) is 1. The summed E-state index contributed by atoms with van der Waals surface area (Å²) in [6.07, 6.45) is 0. The molecule has 0 radical (unpaired) electrons. The van der Waals surface area contributed by atoms with Gasteiger partial charge in [-0.1, -0.05) is 48.5 Å². The van der Waals surface area contributed by atoms with E-state index in [-0.39, 0.29) is 22.5 Å². The van der Waals surface area contributed by atoms with Crippen LogP contribution in [-0.4, -0.2) is 19.4 Å². The number of sulfonamides is 1. The van der Waals surface area contributed by atoms with Gasteiger partial charge in [-0.3, -0.25) is 9.59 Å². The van der Waals surface area contributed by atoms with Crippen molar-refractivity contribution >= 4 is 32.8 Å². The molecule has 0 saturated heterocycles. The van der Waals surface area contributed by atoms with Crippen LogP contribution in [0.15, 0.2) is 82.6 Å². The Morgan fingerprint density at radius 1 is 0.900 bits per heavy atom. The number of hydrogen-bond acceptors (Lipinski definition) is 5. The van der Waals surface area contributed by atoms with Crippen LogP contribution >= 0.6 is 11.8 Å². The molecule has 0 atom stereocenters. The van der Waals surface area contributed by atoms with Crippen molar-refractivity contribution in [1.82, 2.24) is 5.32 Å². The van der Waals surface area contributed by atoms with Gasteiger partial charge in [-0.05, 0) is 54.1 Å². The Morgan fingerprint density at radius 3 is 2.13 bits per heavy atom. The second-order valence-electron chi connectivity index (χ2n) is 6.57. The van der Waals surface area contributed by atoms with Crippen LogP contribution in [0.25, 0.3) is 0 Å². The molecule has 0 bridgehead atoms. The van der Waals surface area contributed by atoms with Crippen molar-refractivity contribution in [2.45, 2.75) is 23.3 Å². The minimum atomic E-state index is -3.76. The van der Waals surface area contributed by atoms with Crippen molar-refractivity contribution in [2.24, 2.45) is 5.14 Å². The molecule has 1 amide bonds. The molecule has 0 spiro atoms. The molecule has 0 unspecified atom stereocenters. The minimum Gasteiger partial charge on any atom is -0.348 e. The zero-order valence-corrected chi connectivity index (χ0v) is 17.8. The number of thioether (sulfide) groups is 1. The van der Waals surface area contributed by atoms with Gasteiger partial charge in [-0.25, -0.2) is 13.6 Å². The van der Waals surface area contributed by atoms with Gasteiger partial charge in [0.05, 0.1) is 10.5 Å². The van der Waals surface area contributed by atoms with Gasteiger partial charge in [0, 0.05) is 17.0 Å². The number of benzene rings is 3. The fourth-order valence-corrected chi connectivity index (χ4v) is 4.25. The SMILES string of the molecule is Cc1ccccc1C(=O)Sc1ccccc1C(=O)NCc1ccc(S(N)(=O)=O)cc1. The molecule has 3 N–H and O–H groups in total. The average molecular weight is 441 g/mol. The molecule has 154 valence electrons. The van der Waals surface area contributed by atoms with Gasteiger partial charge in [0.25, 0.3) is 5.91 Å². The molecule has 3 aromatic rings. The Hall–Kier alpha value is -2.94. The first-order valence-corrected chi connectivity index (χ1v) is 11.4. The highest BCUT2D eigenvalue weighted by Crippen LogP contribution is 2.27.